The molecule has 1 nitrogen and oxygen atoms in total. The first-order valence-corrected chi connectivity index (χ1v) is 6.55. The molecule has 0 fully saturated rings. The lowest BCUT2D eigenvalue weighted by Crippen LogP contribution is -2.03. The van der Waals surface area contributed by atoms with Crippen molar-refractivity contribution in [1.82, 2.24) is 0 Å². The SMILES string of the molecule is Cc1ccccc1CC(O)c1ccc(Br)c(F)c1. The summed E-state index contributed by atoms with van der Waals surface area (Å²) in [5, 5.41) is 10.1. The Morgan fingerprint density at radius 2 is 1.94 bits per heavy atom. The smallest absolute Gasteiger partial charge is 0.137 e. The van der Waals surface area contributed by atoms with E-state index in [1.165, 1.54) is 6.07 Å². The van der Waals surface area contributed by atoms with Gasteiger partial charge in [-0.15, -0.1) is 0 Å². The number of aryl methyl sites for hydroxylation is 1. The highest BCUT2D eigenvalue weighted by Crippen LogP contribution is 2.24. The highest BCUT2D eigenvalue weighted by molar-refractivity contribution is 9.10. The Labute approximate surface area is 114 Å². The average Bonchev–Trinajstić information content (AvgIpc) is 2.35. The average molecular weight is 309 g/mol. The molecule has 0 amide bonds. The normalized spacial score (nSPS) is 12.4. The van der Waals surface area contributed by atoms with Crippen molar-refractivity contribution in [3.05, 3.63) is 69.4 Å². The van der Waals surface area contributed by atoms with Crippen LogP contribution in [0.2, 0.25) is 0 Å². The van der Waals surface area contributed by atoms with Gasteiger partial charge in [0, 0.05) is 6.42 Å². The summed E-state index contributed by atoms with van der Waals surface area (Å²) in [6, 6.07) is 12.6. The van der Waals surface area contributed by atoms with Crippen molar-refractivity contribution in [2.24, 2.45) is 0 Å². The van der Waals surface area contributed by atoms with Crippen LogP contribution in [0.25, 0.3) is 0 Å². The third-order valence-corrected chi connectivity index (χ3v) is 3.65. The zero-order valence-corrected chi connectivity index (χ0v) is 11.6. The van der Waals surface area contributed by atoms with Crippen molar-refractivity contribution in [2.45, 2.75) is 19.4 Å². The second kappa shape index (κ2) is 5.63. The molecular formula is C15H14BrFO. The molecule has 0 radical (unpaired) electrons. The monoisotopic (exact) mass is 308 g/mol. The number of rotatable bonds is 3. The van der Waals surface area contributed by atoms with E-state index in [9.17, 15) is 9.50 Å². The highest BCUT2D eigenvalue weighted by atomic mass is 79.9. The first-order chi connectivity index (χ1) is 8.58. The third kappa shape index (κ3) is 2.98. The molecule has 1 unspecified atom stereocenters. The summed E-state index contributed by atoms with van der Waals surface area (Å²) in [7, 11) is 0. The van der Waals surface area contributed by atoms with Crippen LogP contribution < -0.4 is 0 Å². The molecule has 0 aromatic heterocycles. The van der Waals surface area contributed by atoms with Gasteiger partial charge in [-0.05, 0) is 51.7 Å². The number of aliphatic hydroxyl groups excluding tert-OH is 1. The maximum Gasteiger partial charge on any atom is 0.137 e. The molecule has 0 spiro atoms. The van der Waals surface area contributed by atoms with Crippen LogP contribution in [0.15, 0.2) is 46.9 Å². The van der Waals surface area contributed by atoms with Crippen LogP contribution >= 0.6 is 15.9 Å². The summed E-state index contributed by atoms with van der Waals surface area (Å²) in [4.78, 5) is 0. The Morgan fingerprint density at radius 1 is 1.22 bits per heavy atom. The van der Waals surface area contributed by atoms with Crippen LogP contribution in [0.1, 0.15) is 22.8 Å². The molecule has 94 valence electrons. The molecule has 0 aliphatic rings. The standard InChI is InChI=1S/C15H14BrFO/c1-10-4-2-3-5-11(10)9-15(18)12-6-7-13(16)14(17)8-12/h2-8,15,18H,9H2,1H3. The van der Waals surface area contributed by atoms with Crippen molar-refractivity contribution in [3.8, 4) is 0 Å². The van der Waals surface area contributed by atoms with E-state index in [4.69, 9.17) is 0 Å². The van der Waals surface area contributed by atoms with Gasteiger partial charge in [0.15, 0.2) is 0 Å². The molecule has 18 heavy (non-hydrogen) atoms. The van der Waals surface area contributed by atoms with Crippen molar-refractivity contribution in [2.75, 3.05) is 0 Å². The fraction of sp³-hybridized carbons (Fsp3) is 0.200. The molecule has 1 atom stereocenters. The van der Waals surface area contributed by atoms with Crippen molar-refractivity contribution < 1.29 is 9.50 Å². The lowest BCUT2D eigenvalue weighted by molar-refractivity contribution is 0.178. The predicted molar refractivity (Wildman–Crippen MR) is 73.9 cm³/mol. The molecule has 0 aliphatic heterocycles. The Kier molecular flexibility index (Phi) is 4.15. The molecule has 1 N–H and O–H groups in total. The molecule has 0 bridgehead atoms. The van der Waals surface area contributed by atoms with E-state index >= 15 is 0 Å². The van der Waals surface area contributed by atoms with Crippen molar-refractivity contribution in [3.63, 3.8) is 0 Å². The lowest BCUT2D eigenvalue weighted by Gasteiger charge is -2.13. The van der Waals surface area contributed by atoms with E-state index in [-0.39, 0.29) is 5.82 Å². The van der Waals surface area contributed by atoms with Crippen LogP contribution in [0.3, 0.4) is 0 Å². The van der Waals surface area contributed by atoms with Crippen LogP contribution in [-0.4, -0.2) is 5.11 Å². The lowest BCUT2D eigenvalue weighted by atomic mass is 9.98. The highest BCUT2D eigenvalue weighted by Gasteiger charge is 2.11. The molecular weight excluding hydrogens is 295 g/mol. The third-order valence-electron chi connectivity index (χ3n) is 3.00. The number of hydrogen-bond donors (Lipinski definition) is 1. The van der Waals surface area contributed by atoms with Gasteiger partial charge in [-0.1, -0.05) is 30.3 Å². The van der Waals surface area contributed by atoms with Gasteiger partial charge >= 0.3 is 0 Å². The summed E-state index contributed by atoms with van der Waals surface area (Å²) in [6.45, 7) is 2.00. The zero-order valence-electron chi connectivity index (χ0n) is 10.0. The van der Waals surface area contributed by atoms with Gasteiger partial charge in [-0.3, -0.25) is 0 Å². The quantitative estimate of drug-likeness (QED) is 0.902. The molecule has 0 heterocycles. The van der Waals surface area contributed by atoms with E-state index in [0.717, 1.165) is 11.1 Å². The molecule has 0 saturated carbocycles. The largest absolute Gasteiger partial charge is 0.388 e. The number of hydrogen-bond acceptors (Lipinski definition) is 1. The first kappa shape index (κ1) is 13.2. The summed E-state index contributed by atoms with van der Waals surface area (Å²) in [6.07, 6.45) is -0.193. The minimum absolute atomic E-state index is 0.351. The Bertz CT molecular complexity index is 554. The van der Waals surface area contributed by atoms with Crippen molar-refractivity contribution >= 4 is 15.9 Å². The van der Waals surface area contributed by atoms with Gasteiger partial charge in [0.05, 0.1) is 10.6 Å². The van der Waals surface area contributed by atoms with Crippen LogP contribution in [-0.2, 0) is 6.42 Å². The molecule has 0 aliphatic carbocycles. The van der Waals surface area contributed by atoms with E-state index in [0.29, 0.717) is 16.5 Å². The molecule has 2 aromatic carbocycles. The van der Waals surface area contributed by atoms with Crippen LogP contribution in [0.5, 0.6) is 0 Å². The topological polar surface area (TPSA) is 20.2 Å². The maximum atomic E-state index is 13.4. The first-order valence-electron chi connectivity index (χ1n) is 5.75. The number of benzene rings is 2. The maximum absolute atomic E-state index is 13.4. The Balaban J connectivity index is 2.19. The Hall–Kier alpha value is -1.19. The van der Waals surface area contributed by atoms with Crippen molar-refractivity contribution in [1.29, 1.82) is 0 Å². The molecule has 3 heteroatoms. The zero-order chi connectivity index (χ0) is 13.1. The van der Waals surface area contributed by atoms with Gasteiger partial charge in [-0.2, -0.15) is 0 Å². The van der Waals surface area contributed by atoms with Gasteiger partial charge in [0.1, 0.15) is 5.82 Å². The minimum atomic E-state index is -0.686. The summed E-state index contributed by atoms with van der Waals surface area (Å²) >= 11 is 3.10. The summed E-state index contributed by atoms with van der Waals surface area (Å²) in [5.41, 5.74) is 2.81. The minimum Gasteiger partial charge on any atom is -0.388 e. The summed E-state index contributed by atoms with van der Waals surface area (Å²) in [5.74, 6) is -0.351. The number of aliphatic hydroxyl groups is 1. The van der Waals surface area contributed by atoms with Gasteiger partial charge in [-0.25, -0.2) is 4.39 Å². The second-order valence-corrected chi connectivity index (χ2v) is 5.17. The Morgan fingerprint density at radius 3 is 2.61 bits per heavy atom. The molecule has 0 saturated heterocycles. The fourth-order valence-corrected chi connectivity index (χ4v) is 2.13. The van der Waals surface area contributed by atoms with Gasteiger partial charge in [0.25, 0.3) is 0 Å². The predicted octanol–water partition coefficient (Wildman–Crippen LogP) is 4.17. The summed E-state index contributed by atoms with van der Waals surface area (Å²) < 4.78 is 13.8. The molecule has 2 aromatic rings. The van der Waals surface area contributed by atoms with E-state index in [2.05, 4.69) is 15.9 Å². The van der Waals surface area contributed by atoms with E-state index in [1.54, 1.807) is 12.1 Å². The number of halogens is 2. The van der Waals surface area contributed by atoms with Crippen LogP contribution in [0.4, 0.5) is 4.39 Å². The van der Waals surface area contributed by atoms with Gasteiger partial charge in [0.2, 0.25) is 0 Å². The fourth-order valence-electron chi connectivity index (χ4n) is 1.88. The van der Waals surface area contributed by atoms with E-state index in [1.807, 2.05) is 31.2 Å². The van der Waals surface area contributed by atoms with Crippen LogP contribution in [0, 0.1) is 12.7 Å². The second-order valence-electron chi connectivity index (χ2n) is 4.32. The van der Waals surface area contributed by atoms with Gasteiger partial charge < -0.3 is 5.11 Å². The van der Waals surface area contributed by atoms with E-state index < -0.39 is 6.10 Å². The molecule has 2 rings (SSSR count).